The van der Waals surface area contributed by atoms with Gasteiger partial charge in [-0.1, -0.05) is 58.5 Å². The number of hydrogen-bond donors (Lipinski definition) is 0. The van der Waals surface area contributed by atoms with E-state index in [4.69, 9.17) is 0 Å². The van der Waals surface area contributed by atoms with Gasteiger partial charge in [-0.2, -0.15) is 0 Å². The smallest absolute Gasteiger partial charge is 0.0256 e. The zero-order valence-corrected chi connectivity index (χ0v) is 7.59. The Balaban J connectivity index is 0. The van der Waals surface area contributed by atoms with E-state index in [1.807, 2.05) is 0 Å². The van der Waals surface area contributed by atoms with Gasteiger partial charge in [-0.05, 0) is 24.8 Å². The Bertz CT molecular complexity index is 206. The Morgan fingerprint density at radius 1 is 1.00 bits per heavy atom. The molecule has 1 aromatic rings. The minimum absolute atomic E-state index is 0. The highest BCUT2D eigenvalue weighted by Gasteiger charge is 1.95. The molecule has 0 saturated heterocycles. The van der Waals surface area contributed by atoms with Crippen molar-refractivity contribution < 1.29 is 0 Å². The topological polar surface area (TPSA) is 0 Å². The molecular weight excluding hydrogens is 156 g/mol. The molecule has 0 unspecified atom stereocenters. The van der Waals surface area contributed by atoms with E-state index in [1.54, 1.807) is 0 Å². The van der Waals surface area contributed by atoms with Crippen molar-refractivity contribution in [2.45, 2.75) is 42.0 Å². The fourth-order valence-electron chi connectivity index (χ4n) is 1.20. The normalized spacial score (nSPS) is 8.92. The van der Waals surface area contributed by atoms with Gasteiger partial charge in [0.1, 0.15) is 0 Å². The summed E-state index contributed by atoms with van der Waals surface area (Å²) in [6, 6.07) is 8.79. The molecule has 0 aliphatic heterocycles. The molecule has 13 heavy (non-hydrogen) atoms. The fourth-order valence-corrected chi connectivity index (χ4v) is 1.20. The lowest BCUT2D eigenvalue weighted by atomic mass is 10.0. The monoisotopic (exact) mass is 180 g/mol. The van der Waals surface area contributed by atoms with Gasteiger partial charge in [-0.15, -0.1) is 0 Å². The summed E-state index contributed by atoms with van der Waals surface area (Å²) >= 11 is 0. The van der Waals surface area contributed by atoms with Crippen molar-refractivity contribution in [3.05, 3.63) is 35.4 Å². The summed E-state index contributed by atoms with van der Waals surface area (Å²) in [5.74, 6) is 0.762. The van der Waals surface area contributed by atoms with Gasteiger partial charge in [0.05, 0.1) is 0 Å². The maximum atomic E-state index is 2.25. The van der Waals surface area contributed by atoms with Crippen LogP contribution in [0.3, 0.4) is 0 Å². The first-order valence-corrected chi connectivity index (χ1v) is 4.24. The lowest BCUT2D eigenvalue weighted by Gasteiger charge is -2.04. The predicted molar refractivity (Wildman–Crippen MR) is 63.2 cm³/mol. The third kappa shape index (κ3) is 5.46. The molecule has 0 atom stereocenters. The first-order chi connectivity index (χ1) is 5.18. The molecule has 0 aliphatic rings. The first-order valence-electron chi connectivity index (χ1n) is 4.24. The largest absolute Gasteiger partial charge is 0.0776 e. The molecule has 0 aliphatic carbocycles. The minimum atomic E-state index is 0. The van der Waals surface area contributed by atoms with Crippen molar-refractivity contribution >= 4 is 0 Å². The van der Waals surface area contributed by atoms with Gasteiger partial charge >= 0.3 is 0 Å². The molecular formula is C13H24. The lowest BCUT2D eigenvalue weighted by molar-refractivity contribution is 0.647. The van der Waals surface area contributed by atoms with Crippen molar-refractivity contribution in [3.63, 3.8) is 0 Å². The van der Waals surface area contributed by atoms with E-state index in [9.17, 15) is 0 Å². The zero-order valence-electron chi connectivity index (χ0n) is 7.59. The summed E-state index contributed by atoms with van der Waals surface area (Å²) in [7, 11) is 0. The first kappa shape index (κ1) is 14.7. The van der Waals surface area contributed by atoms with E-state index in [0.717, 1.165) is 5.92 Å². The van der Waals surface area contributed by atoms with Crippen LogP contribution < -0.4 is 0 Å². The number of benzene rings is 1. The van der Waals surface area contributed by atoms with E-state index < -0.39 is 0 Å². The molecule has 0 bridgehead atoms. The van der Waals surface area contributed by atoms with Crippen LogP contribution >= 0.6 is 0 Å². The Morgan fingerprint density at radius 3 is 1.85 bits per heavy atom. The fraction of sp³-hybridized carbons (Fsp3) is 0.538. The predicted octanol–water partition coefficient (Wildman–Crippen LogP) is 4.47. The number of hydrogen-bond acceptors (Lipinski definition) is 0. The summed E-state index contributed by atoms with van der Waals surface area (Å²) in [4.78, 5) is 0. The maximum absolute atomic E-state index is 2.25. The SMILES string of the molecule is C.C.Cc1ccc(CC(C)C)cc1. The molecule has 0 fully saturated rings. The van der Waals surface area contributed by atoms with Crippen LogP contribution in [0.4, 0.5) is 0 Å². The van der Waals surface area contributed by atoms with Crippen LogP contribution in [0.15, 0.2) is 24.3 Å². The molecule has 76 valence electrons. The molecule has 0 spiro atoms. The Morgan fingerprint density at radius 2 is 1.46 bits per heavy atom. The van der Waals surface area contributed by atoms with Gasteiger partial charge in [0.2, 0.25) is 0 Å². The highest BCUT2D eigenvalue weighted by Crippen LogP contribution is 2.08. The Kier molecular flexibility index (Phi) is 7.60. The highest BCUT2D eigenvalue weighted by molar-refractivity contribution is 5.21. The quantitative estimate of drug-likeness (QED) is 0.630. The van der Waals surface area contributed by atoms with Crippen LogP contribution in [0.2, 0.25) is 0 Å². The number of rotatable bonds is 2. The van der Waals surface area contributed by atoms with Crippen LogP contribution in [-0.4, -0.2) is 0 Å². The average molecular weight is 180 g/mol. The van der Waals surface area contributed by atoms with E-state index >= 15 is 0 Å². The van der Waals surface area contributed by atoms with E-state index in [1.165, 1.54) is 17.5 Å². The third-order valence-electron chi connectivity index (χ3n) is 1.76. The average Bonchev–Trinajstić information content (AvgIpc) is 1.93. The van der Waals surface area contributed by atoms with Gasteiger partial charge in [0.15, 0.2) is 0 Å². The van der Waals surface area contributed by atoms with Crippen molar-refractivity contribution in [2.75, 3.05) is 0 Å². The van der Waals surface area contributed by atoms with E-state index in [0.29, 0.717) is 0 Å². The lowest BCUT2D eigenvalue weighted by Crippen LogP contribution is -1.93. The molecule has 0 amide bonds. The molecule has 0 radical (unpaired) electrons. The van der Waals surface area contributed by atoms with Crippen LogP contribution in [0.1, 0.15) is 39.8 Å². The van der Waals surface area contributed by atoms with Gasteiger partial charge in [-0.3, -0.25) is 0 Å². The molecule has 0 N–H and O–H groups in total. The molecule has 0 saturated carbocycles. The van der Waals surface area contributed by atoms with Crippen molar-refractivity contribution in [2.24, 2.45) is 5.92 Å². The molecule has 0 aromatic heterocycles. The summed E-state index contributed by atoms with van der Waals surface area (Å²) in [6.45, 7) is 6.62. The Labute approximate surface area is 84.0 Å². The summed E-state index contributed by atoms with van der Waals surface area (Å²) < 4.78 is 0. The molecule has 1 aromatic carbocycles. The number of aryl methyl sites for hydroxylation is 1. The van der Waals surface area contributed by atoms with Gasteiger partial charge in [-0.25, -0.2) is 0 Å². The summed E-state index contributed by atoms with van der Waals surface area (Å²) in [5, 5.41) is 0. The summed E-state index contributed by atoms with van der Waals surface area (Å²) in [5.41, 5.74) is 2.79. The van der Waals surface area contributed by atoms with Crippen molar-refractivity contribution in [3.8, 4) is 0 Å². The minimum Gasteiger partial charge on any atom is -0.0776 e. The third-order valence-corrected chi connectivity index (χ3v) is 1.76. The van der Waals surface area contributed by atoms with Crippen molar-refractivity contribution in [1.29, 1.82) is 0 Å². The second kappa shape index (κ2) is 6.71. The van der Waals surface area contributed by atoms with Crippen LogP contribution in [0.5, 0.6) is 0 Å². The van der Waals surface area contributed by atoms with Crippen LogP contribution in [0.25, 0.3) is 0 Å². The zero-order chi connectivity index (χ0) is 8.27. The summed E-state index contributed by atoms with van der Waals surface area (Å²) in [6.07, 6.45) is 1.19. The van der Waals surface area contributed by atoms with Crippen LogP contribution in [0, 0.1) is 12.8 Å². The molecule has 0 nitrogen and oxygen atoms in total. The molecule has 0 heterocycles. The molecule has 1 rings (SSSR count). The van der Waals surface area contributed by atoms with Gasteiger partial charge in [0, 0.05) is 0 Å². The molecule has 0 heteroatoms. The Hall–Kier alpha value is -0.780. The van der Waals surface area contributed by atoms with Crippen molar-refractivity contribution in [1.82, 2.24) is 0 Å². The van der Waals surface area contributed by atoms with E-state index in [2.05, 4.69) is 45.0 Å². The van der Waals surface area contributed by atoms with E-state index in [-0.39, 0.29) is 14.9 Å². The van der Waals surface area contributed by atoms with Gasteiger partial charge < -0.3 is 0 Å². The maximum Gasteiger partial charge on any atom is -0.0256 e. The highest BCUT2D eigenvalue weighted by atomic mass is 14.0. The van der Waals surface area contributed by atoms with Gasteiger partial charge in [0.25, 0.3) is 0 Å². The second-order valence-corrected chi connectivity index (χ2v) is 3.58. The second-order valence-electron chi connectivity index (χ2n) is 3.58. The standard InChI is InChI=1S/C11H16.2CH4/c1-9(2)8-11-6-4-10(3)5-7-11;;/h4-7,9H,8H2,1-3H3;2*1H4. The van der Waals surface area contributed by atoms with Crippen LogP contribution in [-0.2, 0) is 6.42 Å².